The van der Waals surface area contributed by atoms with Crippen LogP contribution in [0, 0.1) is 0 Å². The molecule has 6 amide bonds. The molecule has 6 atom stereocenters. The van der Waals surface area contributed by atoms with Crippen LogP contribution in [0.5, 0.6) is 0 Å². The van der Waals surface area contributed by atoms with Gasteiger partial charge in [0.2, 0.25) is 35.4 Å². The number of amides is 6. The number of hydrogen-bond donors (Lipinski definition) is 13. The van der Waals surface area contributed by atoms with Gasteiger partial charge in [-0.05, 0) is 18.9 Å². The van der Waals surface area contributed by atoms with E-state index in [4.69, 9.17) is 5.73 Å². The molecule has 24 nitrogen and oxygen atoms in total. The first kappa shape index (κ1) is 47.2. The van der Waals surface area contributed by atoms with E-state index in [1.165, 1.54) is 19.4 Å². The zero-order valence-electron chi connectivity index (χ0n) is 32.1. The second kappa shape index (κ2) is 22.7. The summed E-state index contributed by atoms with van der Waals surface area (Å²) in [5.74, 6) is -8.93. The predicted octanol–water partition coefficient (Wildman–Crippen LogP) is -5.26. The highest BCUT2D eigenvalue weighted by atomic mass is 16.4. The fraction of sp³-hybridized carbons (Fsp3) is 0.417. The van der Waals surface area contributed by atoms with Crippen LogP contribution < -0.4 is 53.8 Å². The van der Waals surface area contributed by atoms with Crippen LogP contribution in [-0.4, -0.2) is 134 Å². The van der Waals surface area contributed by atoms with Gasteiger partial charge in [-0.15, -0.1) is 0 Å². The Kier molecular flexibility index (Phi) is 17.8. The summed E-state index contributed by atoms with van der Waals surface area (Å²) in [5.41, 5.74) is 4.34. The fourth-order valence-corrected chi connectivity index (χ4v) is 5.45. The zero-order chi connectivity index (χ0) is 44.5. The van der Waals surface area contributed by atoms with Crippen molar-refractivity contribution >= 4 is 58.8 Å². The number of benzene rings is 1. The van der Waals surface area contributed by atoms with Gasteiger partial charge >= 0.3 is 11.9 Å². The number of carboxylic acids is 2. The summed E-state index contributed by atoms with van der Waals surface area (Å²) >= 11 is 0. The molecule has 0 bridgehead atoms. The van der Waals surface area contributed by atoms with Crippen LogP contribution in [-0.2, 0) is 51.2 Å². The minimum absolute atomic E-state index is 0.0405. The van der Waals surface area contributed by atoms with Gasteiger partial charge in [-0.1, -0.05) is 30.3 Å². The number of aliphatic hydroxyl groups excluding tert-OH is 2. The molecule has 3 rings (SSSR count). The number of aromatic nitrogens is 2. The molecule has 0 aliphatic heterocycles. The number of rotatable bonds is 25. The van der Waals surface area contributed by atoms with Crippen LogP contribution in [0.15, 0.2) is 52.4 Å². The number of nitrogens with zero attached hydrogens (tertiary/aromatic N) is 1. The summed E-state index contributed by atoms with van der Waals surface area (Å²) in [5, 5.41) is 54.5. The number of aliphatic carboxylic acids is 2. The van der Waals surface area contributed by atoms with Crippen molar-refractivity contribution in [1.29, 1.82) is 0 Å². The van der Waals surface area contributed by atoms with E-state index in [0.29, 0.717) is 11.3 Å². The lowest BCUT2D eigenvalue weighted by atomic mass is 10.0. The number of carbonyl (C=O) groups is 8. The van der Waals surface area contributed by atoms with Gasteiger partial charge < -0.3 is 68.4 Å². The Morgan fingerprint density at radius 3 is 1.85 bits per heavy atom. The smallest absolute Gasteiger partial charge is 0.328 e. The largest absolute Gasteiger partial charge is 0.481 e. The Bertz CT molecular complexity index is 2070. The van der Waals surface area contributed by atoms with Gasteiger partial charge in [0.25, 0.3) is 10.9 Å². The molecule has 1 heterocycles. The summed E-state index contributed by atoms with van der Waals surface area (Å²) in [4.78, 5) is 131. The Balaban J connectivity index is 1.67. The highest BCUT2D eigenvalue weighted by Gasteiger charge is 2.33. The number of nitrogen functional groups attached to an aromatic ring is 1. The molecule has 2 aromatic carbocycles. The molecule has 1 aromatic heterocycles. The Labute approximate surface area is 339 Å². The van der Waals surface area contributed by atoms with Crippen molar-refractivity contribution in [2.45, 2.75) is 75.3 Å². The van der Waals surface area contributed by atoms with Crippen LogP contribution in [0.1, 0.15) is 37.4 Å². The normalized spacial score (nSPS) is 13.9. The van der Waals surface area contributed by atoms with E-state index in [0.717, 1.165) is 0 Å². The lowest BCUT2D eigenvalue weighted by Gasteiger charge is -2.26. The van der Waals surface area contributed by atoms with E-state index in [1.807, 2.05) is 0 Å². The minimum Gasteiger partial charge on any atom is -0.481 e. The molecule has 60 heavy (non-hydrogen) atoms. The molecule has 0 saturated carbocycles. The van der Waals surface area contributed by atoms with Crippen LogP contribution in [0.3, 0.4) is 0 Å². The Morgan fingerprint density at radius 1 is 0.717 bits per heavy atom. The molecule has 0 unspecified atom stereocenters. The third kappa shape index (κ3) is 14.0. The second-order valence-corrected chi connectivity index (χ2v) is 13.3. The highest BCUT2D eigenvalue weighted by molar-refractivity contribution is 5.97. The maximum absolute atomic E-state index is 13.6. The van der Waals surface area contributed by atoms with Crippen molar-refractivity contribution in [3.8, 4) is 0 Å². The average molecular weight is 843 g/mol. The quantitative estimate of drug-likeness (QED) is 0.0280. The highest BCUT2D eigenvalue weighted by Crippen LogP contribution is 2.10. The first-order valence-electron chi connectivity index (χ1n) is 18.3. The van der Waals surface area contributed by atoms with E-state index in [2.05, 4.69) is 47.2 Å². The molecule has 3 aromatic rings. The molecule has 0 aliphatic carbocycles. The first-order chi connectivity index (χ1) is 28.4. The van der Waals surface area contributed by atoms with Gasteiger partial charge in [0.15, 0.2) is 0 Å². The van der Waals surface area contributed by atoms with Crippen molar-refractivity contribution in [3.63, 3.8) is 0 Å². The number of H-pyrrole nitrogens is 1. The lowest BCUT2D eigenvalue weighted by molar-refractivity contribution is -0.143. The SMILES string of the molecule is C[C@H](NC(=O)[C@H](CC(=O)O)NC(=O)CCCNc1c(N)c(=O)c1=O)C(=O)N[C@@H](Cc1cnc[nH]1)C(=O)N[C@@H](CO)C(=O)N[C@@H](Cc1ccccc1)C(=O)N[C@@H](CO)C(=O)O. The van der Waals surface area contributed by atoms with Crippen molar-refractivity contribution in [2.75, 3.05) is 30.8 Å². The summed E-state index contributed by atoms with van der Waals surface area (Å²) in [6.07, 6.45) is 1.14. The minimum atomic E-state index is -1.73. The standard InChI is InChI=1S/C36H46N10O14/c1-17(41-32(55)22(12-26(50)51)42-25(49)8-5-9-39-28-27(37)29(52)30(28)53)31(54)43-21(11-19-13-38-16-40-19)34(57)45-23(14-47)35(58)44-20(10-18-6-3-2-4-7-18)33(56)46-24(15-48)36(59)60/h2-4,6-7,13,16-17,20-24,39,47-48H,5,8-12,14-15,37H2,1H3,(H,38,40)(H,41,55)(H,42,49)(H,43,54)(H,44,58)(H,45,57)(H,46,56)(H,50,51)(H,59,60)/t17-,20-,21-,22-,23-,24-/m0/s1. The topological polar surface area (TPSA) is 391 Å². The van der Waals surface area contributed by atoms with Gasteiger partial charge in [-0.25, -0.2) is 9.78 Å². The van der Waals surface area contributed by atoms with E-state index >= 15 is 0 Å². The number of carboxylic acid groups (broad SMARTS) is 2. The van der Waals surface area contributed by atoms with Crippen LogP contribution in [0.4, 0.5) is 11.4 Å². The van der Waals surface area contributed by atoms with E-state index in [1.54, 1.807) is 30.3 Å². The van der Waals surface area contributed by atoms with Crippen LogP contribution >= 0.6 is 0 Å². The second-order valence-electron chi connectivity index (χ2n) is 13.3. The summed E-state index contributed by atoms with van der Waals surface area (Å²) < 4.78 is 0. The lowest BCUT2D eigenvalue weighted by Crippen LogP contribution is -2.60. The molecular formula is C36H46N10O14. The van der Waals surface area contributed by atoms with Gasteiger partial charge in [0.1, 0.15) is 47.6 Å². The van der Waals surface area contributed by atoms with Crippen molar-refractivity contribution in [3.05, 3.63) is 74.6 Å². The summed E-state index contributed by atoms with van der Waals surface area (Å²) in [6.45, 7) is -0.731. The molecule has 324 valence electrons. The summed E-state index contributed by atoms with van der Waals surface area (Å²) in [7, 11) is 0. The fourth-order valence-electron chi connectivity index (χ4n) is 5.45. The van der Waals surface area contributed by atoms with Gasteiger partial charge in [0.05, 0.1) is 26.0 Å². The molecule has 0 fully saturated rings. The molecular weight excluding hydrogens is 796 g/mol. The number of carbonyl (C=O) groups excluding carboxylic acids is 6. The number of nitrogens with one attached hydrogen (secondary N) is 8. The maximum atomic E-state index is 13.6. The third-order valence-corrected chi connectivity index (χ3v) is 8.75. The monoisotopic (exact) mass is 842 g/mol. The molecule has 24 heteroatoms. The van der Waals surface area contributed by atoms with E-state index < -0.39 is 114 Å². The van der Waals surface area contributed by atoms with Gasteiger partial charge in [0, 0.05) is 37.7 Å². The first-order valence-corrected chi connectivity index (χ1v) is 18.3. The number of aliphatic hydroxyl groups is 2. The average Bonchev–Trinajstić information content (AvgIpc) is 3.73. The molecule has 0 aliphatic rings. The Morgan fingerprint density at radius 2 is 1.28 bits per heavy atom. The predicted molar refractivity (Wildman–Crippen MR) is 207 cm³/mol. The van der Waals surface area contributed by atoms with Gasteiger partial charge in [-0.3, -0.25) is 43.2 Å². The summed E-state index contributed by atoms with van der Waals surface area (Å²) in [6, 6.07) is -1.26. The number of nitrogens with two attached hydrogens (primary N) is 1. The third-order valence-electron chi connectivity index (χ3n) is 8.75. The molecule has 0 spiro atoms. The van der Waals surface area contributed by atoms with Crippen molar-refractivity contribution in [2.24, 2.45) is 0 Å². The zero-order valence-corrected chi connectivity index (χ0v) is 32.1. The van der Waals surface area contributed by atoms with E-state index in [-0.39, 0.29) is 43.6 Å². The van der Waals surface area contributed by atoms with Crippen molar-refractivity contribution < 1.29 is 58.8 Å². The van der Waals surface area contributed by atoms with Crippen LogP contribution in [0.2, 0.25) is 0 Å². The maximum Gasteiger partial charge on any atom is 0.328 e. The van der Waals surface area contributed by atoms with E-state index in [9.17, 15) is 68.4 Å². The number of aromatic amines is 1. The molecule has 0 radical (unpaired) electrons. The van der Waals surface area contributed by atoms with Gasteiger partial charge in [-0.2, -0.15) is 0 Å². The Hall–Kier alpha value is -7.21. The van der Waals surface area contributed by atoms with Crippen molar-refractivity contribution in [1.82, 2.24) is 41.9 Å². The number of hydrogen-bond acceptors (Lipinski definition) is 15. The molecule has 14 N–H and O–H groups in total. The molecule has 0 saturated heterocycles. The number of anilines is 2. The van der Waals surface area contributed by atoms with Crippen LogP contribution in [0.25, 0.3) is 0 Å². The number of imidazole rings is 1.